The summed E-state index contributed by atoms with van der Waals surface area (Å²) in [5.41, 5.74) is 0.813. The number of hydrogen-bond acceptors (Lipinski definition) is 13. The Hall–Kier alpha value is -5.57. The van der Waals surface area contributed by atoms with Crippen molar-refractivity contribution in [2.45, 2.75) is 17.9 Å². The maximum Gasteiger partial charge on any atom is 0.360 e. The van der Waals surface area contributed by atoms with E-state index in [1.165, 1.54) is 48.5 Å². The lowest BCUT2D eigenvalue weighted by Crippen LogP contribution is -2.44. The number of fused-ring (bicyclic) bond motifs is 1. The highest BCUT2D eigenvalue weighted by atomic mass is 16.7. The van der Waals surface area contributed by atoms with Gasteiger partial charge in [0.1, 0.15) is 0 Å². The van der Waals surface area contributed by atoms with E-state index in [0.29, 0.717) is 5.69 Å². The molecule has 5 rings (SSSR count). The van der Waals surface area contributed by atoms with Crippen LogP contribution in [0.4, 0.5) is 22.7 Å². The van der Waals surface area contributed by atoms with E-state index in [0.717, 1.165) is 0 Å². The number of nitro groups is 2. The van der Waals surface area contributed by atoms with Crippen LogP contribution >= 0.6 is 0 Å². The minimum atomic E-state index is -1.94. The number of benzene rings is 3. The molecule has 40 heavy (non-hydrogen) atoms. The second kappa shape index (κ2) is 10.7. The summed E-state index contributed by atoms with van der Waals surface area (Å²) in [6, 6.07) is 18.6. The quantitative estimate of drug-likeness (QED) is 0.187. The number of nitro benzene ring substituents is 2. The van der Waals surface area contributed by atoms with Crippen LogP contribution in [0.15, 0.2) is 94.2 Å². The summed E-state index contributed by atoms with van der Waals surface area (Å²) in [6.07, 6.45) is -2.33. The van der Waals surface area contributed by atoms with Gasteiger partial charge in [-0.25, -0.2) is 9.59 Å². The zero-order valence-corrected chi connectivity index (χ0v) is 20.3. The maximum absolute atomic E-state index is 12.9. The third-order valence-corrected chi connectivity index (χ3v) is 5.98. The van der Waals surface area contributed by atoms with Crippen LogP contribution in [0.1, 0.15) is 10.4 Å². The van der Waals surface area contributed by atoms with Crippen molar-refractivity contribution >= 4 is 40.4 Å². The van der Waals surface area contributed by atoms with Crippen molar-refractivity contribution in [1.29, 1.82) is 0 Å². The molecule has 3 aromatic carbocycles. The van der Waals surface area contributed by atoms with Gasteiger partial charge in [0, 0.05) is 24.3 Å². The van der Waals surface area contributed by atoms with Crippen LogP contribution < -0.4 is 5.43 Å². The molecular formula is C25H18N6O9. The Morgan fingerprint density at radius 2 is 1.57 bits per heavy atom. The molecule has 2 aliphatic heterocycles. The molecule has 2 saturated heterocycles. The average Bonchev–Trinajstić information content (AvgIpc) is 3.44. The zero-order chi connectivity index (χ0) is 28.3. The molecule has 15 heteroatoms. The van der Waals surface area contributed by atoms with E-state index in [4.69, 9.17) is 14.2 Å². The van der Waals surface area contributed by atoms with Crippen molar-refractivity contribution in [3.8, 4) is 0 Å². The first-order chi connectivity index (χ1) is 19.3. The third-order valence-electron chi connectivity index (χ3n) is 5.98. The lowest BCUT2D eigenvalue weighted by Gasteiger charge is -2.20. The van der Waals surface area contributed by atoms with Gasteiger partial charge >= 0.3 is 11.9 Å². The summed E-state index contributed by atoms with van der Waals surface area (Å²) in [5, 5.41) is 34.3. The molecule has 1 N–H and O–H groups in total. The second-order valence-corrected chi connectivity index (χ2v) is 8.49. The van der Waals surface area contributed by atoms with Gasteiger partial charge in [-0.2, -0.15) is 10.2 Å². The molecule has 0 saturated carbocycles. The van der Waals surface area contributed by atoms with Crippen molar-refractivity contribution in [2.24, 2.45) is 15.3 Å². The monoisotopic (exact) mass is 546 g/mol. The second-order valence-electron chi connectivity index (χ2n) is 8.49. The number of carbonyl (C=O) groups is 2. The molecule has 202 valence electrons. The number of esters is 2. The van der Waals surface area contributed by atoms with Crippen LogP contribution in [0, 0.1) is 20.2 Å². The Labute approximate surface area is 224 Å². The Morgan fingerprint density at radius 1 is 0.950 bits per heavy atom. The van der Waals surface area contributed by atoms with E-state index in [1.807, 2.05) is 0 Å². The number of rotatable bonds is 8. The van der Waals surface area contributed by atoms with Crippen molar-refractivity contribution in [3.05, 3.63) is 105 Å². The van der Waals surface area contributed by atoms with Gasteiger partial charge in [0.05, 0.1) is 33.4 Å². The number of hydrazone groups is 1. The van der Waals surface area contributed by atoms with Gasteiger partial charge in [0.2, 0.25) is 5.71 Å². The Morgan fingerprint density at radius 3 is 2.20 bits per heavy atom. The lowest BCUT2D eigenvalue weighted by atomic mass is 10.0. The molecule has 0 bridgehead atoms. The molecular weight excluding hydrogens is 528 g/mol. The number of azo groups is 1. The van der Waals surface area contributed by atoms with Crippen LogP contribution in [0.3, 0.4) is 0 Å². The minimum Gasteiger partial charge on any atom is -0.452 e. The lowest BCUT2D eigenvalue weighted by molar-refractivity contribution is -0.385. The van der Waals surface area contributed by atoms with Gasteiger partial charge in [-0.15, -0.1) is 5.11 Å². The number of ether oxygens (including phenoxy) is 3. The highest BCUT2D eigenvalue weighted by molar-refractivity contribution is 6.42. The summed E-state index contributed by atoms with van der Waals surface area (Å²) in [5.74, 6) is -1.61. The highest BCUT2D eigenvalue weighted by Crippen LogP contribution is 2.40. The number of hydrogen-bond donors (Lipinski definition) is 1. The molecule has 0 aliphatic carbocycles. The first kappa shape index (κ1) is 26.1. The van der Waals surface area contributed by atoms with Crippen LogP contribution in [0.5, 0.6) is 0 Å². The Kier molecular flexibility index (Phi) is 6.94. The first-order valence-corrected chi connectivity index (χ1v) is 11.6. The fourth-order valence-corrected chi connectivity index (χ4v) is 3.99. The third kappa shape index (κ3) is 5.08. The molecule has 2 fully saturated rings. The summed E-state index contributed by atoms with van der Waals surface area (Å²) in [7, 11) is 0. The van der Waals surface area contributed by atoms with Crippen LogP contribution in [-0.4, -0.2) is 52.0 Å². The molecule has 15 nitrogen and oxygen atoms in total. The standard InChI is InChI=1S/C25H18N6O9/c32-23(15-4-2-1-3-5-15)39-20-14-38-25(29-27-17-8-12-19(13-9-17)31(36)37)21(24(33)40-22(20)25)28-26-16-6-10-18(11-7-16)30(34)35/h1-13,20,22,26H,14H2. The number of non-ortho nitro benzene ring substituents is 2. The average molecular weight is 546 g/mol. The topological polar surface area (TPSA) is 197 Å². The minimum absolute atomic E-state index is 0.144. The summed E-state index contributed by atoms with van der Waals surface area (Å²) in [6.45, 7) is -0.216. The molecule has 0 spiro atoms. The van der Waals surface area contributed by atoms with E-state index in [-0.39, 0.29) is 34.9 Å². The van der Waals surface area contributed by atoms with E-state index in [2.05, 4.69) is 20.8 Å². The van der Waals surface area contributed by atoms with Gasteiger partial charge in [-0.1, -0.05) is 18.2 Å². The fraction of sp³-hybridized carbons (Fsp3) is 0.160. The largest absolute Gasteiger partial charge is 0.452 e. The number of nitrogens with one attached hydrogen (secondary N) is 1. The molecule has 2 aliphatic rings. The van der Waals surface area contributed by atoms with Crippen LogP contribution in [-0.2, 0) is 19.0 Å². The fourth-order valence-electron chi connectivity index (χ4n) is 3.99. The normalized spacial score (nSPS) is 22.6. The Bertz CT molecular complexity index is 1530. The van der Waals surface area contributed by atoms with Gasteiger partial charge in [-0.05, 0) is 36.4 Å². The van der Waals surface area contributed by atoms with Crippen molar-refractivity contribution in [1.82, 2.24) is 0 Å². The van der Waals surface area contributed by atoms with Crippen molar-refractivity contribution in [2.75, 3.05) is 12.0 Å². The van der Waals surface area contributed by atoms with Gasteiger partial charge in [0.25, 0.3) is 17.1 Å². The number of anilines is 1. The predicted octanol–water partition coefficient (Wildman–Crippen LogP) is 3.93. The molecule has 3 atom stereocenters. The van der Waals surface area contributed by atoms with E-state index < -0.39 is 39.7 Å². The van der Waals surface area contributed by atoms with Crippen LogP contribution in [0.2, 0.25) is 0 Å². The van der Waals surface area contributed by atoms with Gasteiger partial charge in [0.15, 0.2) is 12.2 Å². The predicted molar refractivity (Wildman–Crippen MR) is 136 cm³/mol. The summed E-state index contributed by atoms with van der Waals surface area (Å²) in [4.78, 5) is 46.3. The van der Waals surface area contributed by atoms with Crippen LogP contribution in [0.25, 0.3) is 0 Å². The summed E-state index contributed by atoms with van der Waals surface area (Å²) < 4.78 is 16.9. The van der Waals surface area contributed by atoms with Crippen molar-refractivity contribution < 1.29 is 33.6 Å². The molecule has 2 heterocycles. The number of carbonyl (C=O) groups excluding carboxylic acids is 2. The first-order valence-electron chi connectivity index (χ1n) is 11.6. The maximum atomic E-state index is 12.9. The van der Waals surface area contributed by atoms with E-state index in [1.54, 1.807) is 30.3 Å². The molecule has 0 amide bonds. The molecule has 3 unspecified atom stereocenters. The van der Waals surface area contributed by atoms with E-state index in [9.17, 15) is 29.8 Å². The number of nitrogens with zero attached hydrogens (tertiary/aromatic N) is 5. The SMILES string of the molecule is O=C1OC2C(OC(=O)c3ccccc3)COC2(N=Nc2ccc([N+](=O)[O-])cc2)C1=NNc1ccc([N+](=O)[O-])cc1. The Balaban J connectivity index is 1.46. The molecule has 0 aromatic heterocycles. The van der Waals surface area contributed by atoms with Gasteiger partial charge < -0.3 is 14.2 Å². The smallest absolute Gasteiger partial charge is 0.360 e. The molecule has 3 aromatic rings. The highest BCUT2D eigenvalue weighted by Gasteiger charge is 2.66. The van der Waals surface area contributed by atoms with Crippen molar-refractivity contribution in [3.63, 3.8) is 0 Å². The molecule has 0 radical (unpaired) electrons. The van der Waals surface area contributed by atoms with Gasteiger partial charge in [-0.3, -0.25) is 25.7 Å². The summed E-state index contributed by atoms with van der Waals surface area (Å²) >= 11 is 0. The zero-order valence-electron chi connectivity index (χ0n) is 20.3. The van der Waals surface area contributed by atoms with E-state index >= 15 is 0 Å².